The Bertz CT molecular complexity index is 577. The lowest BCUT2D eigenvalue weighted by Crippen LogP contribution is -2.12. The van der Waals surface area contributed by atoms with Gasteiger partial charge in [0.1, 0.15) is 0 Å². The molecule has 0 aliphatic carbocycles. The van der Waals surface area contributed by atoms with Crippen LogP contribution in [-0.2, 0) is 19.4 Å². The van der Waals surface area contributed by atoms with Crippen LogP contribution in [0.4, 0.5) is 5.69 Å². The largest absolute Gasteiger partial charge is 0.481 e. The molecule has 1 aromatic carbocycles. The highest BCUT2D eigenvalue weighted by Crippen LogP contribution is 2.15. The molecule has 0 aliphatic rings. The molecule has 0 aromatic heterocycles. The smallest absolute Gasteiger partial charge is 0.303 e. The minimum atomic E-state index is -3.25. The zero-order valence-electron chi connectivity index (χ0n) is 11.1. The predicted molar refractivity (Wildman–Crippen MR) is 74.3 cm³/mol. The van der Waals surface area contributed by atoms with E-state index in [0.717, 1.165) is 0 Å². The fraction of sp³-hybridized carbons (Fsp3) is 0.385. The first kappa shape index (κ1) is 16.2. The lowest BCUT2D eigenvalue weighted by molar-refractivity contribution is -0.137. The highest BCUT2D eigenvalue weighted by Gasteiger charge is 2.11. The summed E-state index contributed by atoms with van der Waals surface area (Å²) >= 11 is 0. The summed E-state index contributed by atoms with van der Waals surface area (Å²) in [6, 6.07) is 5.90. The van der Waals surface area contributed by atoms with Crippen LogP contribution in [0, 0.1) is 0 Å². The number of rotatable bonds is 7. The molecule has 6 nitrogen and oxygen atoms in total. The number of carbonyl (C=O) groups is 2. The van der Waals surface area contributed by atoms with Gasteiger partial charge in [-0.25, -0.2) is 8.42 Å². The molecule has 0 unspecified atom stereocenters. The normalized spacial score (nSPS) is 11.1. The Labute approximate surface area is 117 Å². The van der Waals surface area contributed by atoms with E-state index in [-0.39, 0.29) is 35.8 Å². The summed E-state index contributed by atoms with van der Waals surface area (Å²) < 4.78 is 23.2. The van der Waals surface area contributed by atoms with Gasteiger partial charge in [0.2, 0.25) is 5.91 Å². The molecule has 20 heavy (non-hydrogen) atoms. The molecule has 0 atom stereocenters. The first-order valence-electron chi connectivity index (χ1n) is 6.19. The van der Waals surface area contributed by atoms with Gasteiger partial charge in [0, 0.05) is 18.5 Å². The molecule has 110 valence electrons. The number of carboxylic acids is 1. The molecule has 0 aliphatic heterocycles. The van der Waals surface area contributed by atoms with Crippen molar-refractivity contribution >= 4 is 27.4 Å². The van der Waals surface area contributed by atoms with Crippen molar-refractivity contribution in [3.05, 3.63) is 24.3 Å². The van der Waals surface area contributed by atoms with Crippen LogP contribution in [0.25, 0.3) is 0 Å². The topological polar surface area (TPSA) is 101 Å². The van der Waals surface area contributed by atoms with Crippen molar-refractivity contribution in [2.24, 2.45) is 0 Å². The number of aliphatic carboxylic acids is 1. The van der Waals surface area contributed by atoms with E-state index in [1.54, 1.807) is 6.92 Å². The second kappa shape index (κ2) is 7.04. The molecular formula is C13H17NO5S. The maximum Gasteiger partial charge on any atom is 0.303 e. The van der Waals surface area contributed by atoms with Crippen LogP contribution in [0.3, 0.4) is 0 Å². The van der Waals surface area contributed by atoms with Crippen LogP contribution in [0.2, 0.25) is 0 Å². The zero-order valence-corrected chi connectivity index (χ0v) is 11.9. The third-order valence-corrected chi connectivity index (χ3v) is 4.42. The van der Waals surface area contributed by atoms with Crippen LogP contribution in [0.1, 0.15) is 26.2 Å². The van der Waals surface area contributed by atoms with Crippen LogP contribution >= 0.6 is 0 Å². The van der Waals surface area contributed by atoms with E-state index in [4.69, 9.17) is 5.11 Å². The van der Waals surface area contributed by atoms with Crippen molar-refractivity contribution in [3.8, 4) is 0 Å². The third-order valence-electron chi connectivity index (χ3n) is 2.67. The number of nitrogens with one attached hydrogen (secondary N) is 1. The fourth-order valence-electron chi connectivity index (χ4n) is 1.54. The van der Waals surface area contributed by atoms with Gasteiger partial charge in [-0.05, 0) is 30.7 Å². The Hall–Kier alpha value is -1.89. The van der Waals surface area contributed by atoms with Gasteiger partial charge in [-0.3, -0.25) is 9.59 Å². The average molecular weight is 299 g/mol. The van der Waals surface area contributed by atoms with E-state index in [1.165, 1.54) is 24.3 Å². The molecule has 1 aromatic rings. The number of anilines is 1. The summed E-state index contributed by atoms with van der Waals surface area (Å²) in [6.07, 6.45) is 0.325. The Morgan fingerprint density at radius 2 is 1.75 bits per heavy atom. The van der Waals surface area contributed by atoms with Crippen LogP contribution in [0.5, 0.6) is 0 Å². The monoisotopic (exact) mass is 299 g/mol. The van der Waals surface area contributed by atoms with Gasteiger partial charge in [-0.2, -0.15) is 0 Å². The number of benzene rings is 1. The average Bonchev–Trinajstić information content (AvgIpc) is 2.39. The predicted octanol–water partition coefficient (Wildman–Crippen LogP) is 1.67. The molecule has 0 heterocycles. The molecule has 1 rings (SSSR count). The molecular weight excluding hydrogens is 282 g/mol. The summed E-state index contributed by atoms with van der Waals surface area (Å²) in [6.45, 7) is 1.56. The van der Waals surface area contributed by atoms with Gasteiger partial charge in [0.15, 0.2) is 9.84 Å². The summed E-state index contributed by atoms with van der Waals surface area (Å²) in [5, 5.41) is 11.0. The van der Waals surface area contributed by atoms with Crippen LogP contribution in [-0.4, -0.2) is 31.2 Å². The fourth-order valence-corrected chi connectivity index (χ4v) is 2.42. The molecule has 7 heteroatoms. The molecule has 1 amide bonds. The van der Waals surface area contributed by atoms with E-state index in [9.17, 15) is 18.0 Å². The summed E-state index contributed by atoms with van der Waals surface area (Å²) in [4.78, 5) is 22.0. The minimum absolute atomic E-state index is 0.0217. The van der Waals surface area contributed by atoms with Gasteiger partial charge >= 0.3 is 5.97 Å². The number of hydrogen-bond donors (Lipinski definition) is 2. The molecule has 2 N–H and O–H groups in total. The maximum atomic E-state index is 11.6. The number of hydrogen-bond acceptors (Lipinski definition) is 4. The Kier molecular flexibility index (Phi) is 5.69. The zero-order chi connectivity index (χ0) is 15.2. The van der Waals surface area contributed by atoms with Crippen molar-refractivity contribution in [1.29, 1.82) is 0 Å². The van der Waals surface area contributed by atoms with E-state index < -0.39 is 15.8 Å². The second-order valence-corrected chi connectivity index (χ2v) is 6.50. The number of sulfone groups is 1. The molecule has 0 saturated heterocycles. The van der Waals surface area contributed by atoms with Crippen molar-refractivity contribution in [2.45, 2.75) is 31.1 Å². The maximum absolute atomic E-state index is 11.6. The van der Waals surface area contributed by atoms with Crippen LogP contribution < -0.4 is 5.32 Å². The number of amides is 1. The van der Waals surface area contributed by atoms with Crippen LogP contribution in [0.15, 0.2) is 29.2 Å². The van der Waals surface area contributed by atoms with Crippen molar-refractivity contribution in [2.75, 3.05) is 11.1 Å². The highest BCUT2D eigenvalue weighted by molar-refractivity contribution is 7.91. The van der Waals surface area contributed by atoms with Crippen molar-refractivity contribution in [1.82, 2.24) is 0 Å². The standard InChI is InChI=1S/C13H17NO5S/c1-2-20(18,19)11-8-6-10(7-9-11)14-12(15)4-3-5-13(16)17/h6-9H,2-5H2,1H3,(H,14,15)(H,16,17). The van der Waals surface area contributed by atoms with Gasteiger partial charge in [0.05, 0.1) is 10.6 Å². The lowest BCUT2D eigenvalue weighted by atomic mass is 10.2. The van der Waals surface area contributed by atoms with E-state index >= 15 is 0 Å². The Morgan fingerprint density at radius 1 is 1.15 bits per heavy atom. The van der Waals surface area contributed by atoms with Gasteiger partial charge in [0.25, 0.3) is 0 Å². The lowest BCUT2D eigenvalue weighted by Gasteiger charge is -2.06. The molecule has 0 spiro atoms. The van der Waals surface area contributed by atoms with E-state index in [0.29, 0.717) is 5.69 Å². The third kappa shape index (κ3) is 5.00. The molecule has 0 fully saturated rings. The summed E-state index contributed by atoms with van der Waals surface area (Å²) in [5.41, 5.74) is 0.486. The minimum Gasteiger partial charge on any atom is -0.481 e. The van der Waals surface area contributed by atoms with E-state index in [2.05, 4.69) is 5.32 Å². The summed E-state index contributed by atoms with van der Waals surface area (Å²) in [7, 11) is -3.25. The Balaban J connectivity index is 2.58. The first-order valence-corrected chi connectivity index (χ1v) is 7.85. The van der Waals surface area contributed by atoms with Gasteiger partial charge < -0.3 is 10.4 Å². The highest BCUT2D eigenvalue weighted by atomic mass is 32.2. The van der Waals surface area contributed by atoms with Crippen molar-refractivity contribution < 1.29 is 23.1 Å². The second-order valence-electron chi connectivity index (χ2n) is 4.22. The number of carbonyl (C=O) groups excluding carboxylic acids is 1. The first-order chi connectivity index (χ1) is 9.35. The Morgan fingerprint density at radius 3 is 2.25 bits per heavy atom. The van der Waals surface area contributed by atoms with Crippen molar-refractivity contribution in [3.63, 3.8) is 0 Å². The number of carboxylic acid groups (broad SMARTS) is 1. The molecule has 0 bridgehead atoms. The quantitative estimate of drug-likeness (QED) is 0.797. The van der Waals surface area contributed by atoms with Gasteiger partial charge in [-0.15, -0.1) is 0 Å². The van der Waals surface area contributed by atoms with Gasteiger partial charge in [-0.1, -0.05) is 6.92 Å². The van der Waals surface area contributed by atoms with E-state index in [1.807, 2.05) is 0 Å². The summed E-state index contributed by atoms with van der Waals surface area (Å²) in [5.74, 6) is -1.21. The molecule has 0 radical (unpaired) electrons. The SMILES string of the molecule is CCS(=O)(=O)c1ccc(NC(=O)CCCC(=O)O)cc1. The molecule has 0 saturated carbocycles.